The van der Waals surface area contributed by atoms with E-state index in [9.17, 15) is 5.11 Å². The van der Waals surface area contributed by atoms with Crippen molar-refractivity contribution in [1.82, 2.24) is 10.2 Å². The molecule has 2 heterocycles. The lowest BCUT2D eigenvalue weighted by molar-refractivity contribution is -0.135. The highest BCUT2D eigenvalue weighted by Crippen LogP contribution is 2.26. The molecule has 0 unspecified atom stereocenters. The Morgan fingerprint density at radius 1 is 1.18 bits per heavy atom. The van der Waals surface area contributed by atoms with E-state index in [2.05, 4.69) is 40.5 Å². The van der Waals surface area contributed by atoms with Gasteiger partial charge in [0.1, 0.15) is 0 Å². The summed E-state index contributed by atoms with van der Waals surface area (Å²) < 4.78 is 5.25. The molecule has 2 N–H and O–H groups in total. The van der Waals surface area contributed by atoms with Crippen molar-refractivity contribution in [2.75, 3.05) is 46.0 Å². The molecule has 0 radical (unpaired) electrons. The molecule has 2 aliphatic rings. The number of benzene rings is 1. The van der Waals surface area contributed by atoms with Crippen LogP contribution in [0.2, 0.25) is 0 Å². The molecule has 1 aromatic rings. The summed E-state index contributed by atoms with van der Waals surface area (Å²) in [4.78, 5) is 2.57. The van der Waals surface area contributed by atoms with Gasteiger partial charge in [-0.05, 0) is 37.9 Å². The molecule has 0 spiro atoms. The van der Waals surface area contributed by atoms with E-state index in [1.165, 1.54) is 31.5 Å². The van der Waals surface area contributed by atoms with Gasteiger partial charge in [-0.1, -0.05) is 30.3 Å². The molecule has 0 aliphatic carbocycles. The maximum absolute atomic E-state index is 9.46. The fraction of sp³-hybridized carbons (Fsp3) is 0.667. The highest BCUT2D eigenvalue weighted by atomic mass is 16.5. The second kappa shape index (κ2) is 7.55. The van der Waals surface area contributed by atoms with Gasteiger partial charge in [-0.3, -0.25) is 0 Å². The first-order valence-corrected chi connectivity index (χ1v) is 8.48. The van der Waals surface area contributed by atoms with Crippen molar-refractivity contribution in [3.8, 4) is 0 Å². The molecule has 4 nitrogen and oxygen atoms in total. The molecule has 3 rings (SSSR count). The Morgan fingerprint density at radius 3 is 2.50 bits per heavy atom. The van der Waals surface area contributed by atoms with E-state index in [1.54, 1.807) is 0 Å². The lowest BCUT2D eigenvalue weighted by atomic mass is 9.86. The number of aliphatic hydroxyl groups is 1. The molecule has 122 valence electrons. The Hall–Kier alpha value is -0.940. The molecular weight excluding hydrogens is 276 g/mol. The molecule has 22 heavy (non-hydrogen) atoms. The van der Waals surface area contributed by atoms with Crippen molar-refractivity contribution in [2.45, 2.75) is 25.3 Å². The Kier molecular flexibility index (Phi) is 5.47. The second-order valence-electron chi connectivity index (χ2n) is 6.88. The van der Waals surface area contributed by atoms with Crippen LogP contribution >= 0.6 is 0 Å². The first kappa shape index (κ1) is 15.9. The number of nitrogens with one attached hydrogen (secondary N) is 1. The lowest BCUT2D eigenvalue weighted by Crippen LogP contribution is -2.55. The third-order valence-corrected chi connectivity index (χ3v) is 5.06. The predicted molar refractivity (Wildman–Crippen MR) is 87.9 cm³/mol. The average molecular weight is 304 g/mol. The van der Waals surface area contributed by atoms with Gasteiger partial charge in [0.15, 0.2) is 0 Å². The van der Waals surface area contributed by atoms with E-state index >= 15 is 0 Å². The molecule has 0 aromatic heterocycles. The van der Waals surface area contributed by atoms with Gasteiger partial charge in [0.2, 0.25) is 0 Å². The van der Waals surface area contributed by atoms with Crippen molar-refractivity contribution in [1.29, 1.82) is 0 Å². The van der Waals surface area contributed by atoms with Crippen LogP contribution in [-0.4, -0.2) is 62.0 Å². The monoisotopic (exact) mass is 304 g/mol. The predicted octanol–water partition coefficient (Wildman–Crippen LogP) is 1.29. The Bertz CT molecular complexity index is 434. The molecule has 2 fully saturated rings. The fourth-order valence-electron chi connectivity index (χ4n) is 3.29. The van der Waals surface area contributed by atoms with Crippen LogP contribution < -0.4 is 5.32 Å². The summed E-state index contributed by atoms with van der Waals surface area (Å²) in [5, 5.41) is 13.1. The van der Waals surface area contributed by atoms with Crippen molar-refractivity contribution in [3.63, 3.8) is 0 Å². The smallest absolute Gasteiger partial charge is 0.0579 e. The van der Waals surface area contributed by atoms with E-state index < -0.39 is 0 Å². The normalized spacial score (nSPS) is 22.4. The molecule has 4 heteroatoms. The number of aliphatic hydroxyl groups excluding tert-OH is 1. The number of ether oxygens (including phenoxy) is 1. The molecule has 0 atom stereocenters. The molecule has 1 aromatic carbocycles. The second-order valence-corrected chi connectivity index (χ2v) is 6.88. The van der Waals surface area contributed by atoms with Gasteiger partial charge in [-0.25, -0.2) is 0 Å². The summed E-state index contributed by atoms with van der Waals surface area (Å²) >= 11 is 0. The summed E-state index contributed by atoms with van der Waals surface area (Å²) in [6, 6.07) is 11.3. The number of piperidine rings is 1. The fourth-order valence-corrected chi connectivity index (χ4v) is 3.29. The van der Waals surface area contributed by atoms with Crippen LogP contribution in [0, 0.1) is 5.41 Å². The molecular formula is C18H28N2O2. The van der Waals surface area contributed by atoms with Crippen LogP contribution in [0.5, 0.6) is 0 Å². The first-order chi connectivity index (χ1) is 10.8. The van der Waals surface area contributed by atoms with Gasteiger partial charge < -0.3 is 20.1 Å². The maximum Gasteiger partial charge on any atom is 0.0579 e. The molecule has 0 amide bonds. The summed E-state index contributed by atoms with van der Waals surface area (Å²) in [5.74, 6) is 0. The van der Waals surface area contributed by atoms with Crippen molar-refractivity contribution in [2.24, 2.45) is 5.41 Å². The SMILES string of the molecule is OCC1(CNC2CCN(CCc3ccccc3)CC2)COC1. The minimum Gasteiger partial charge on any atom is -0.396 e. The third-order valence-electron chi connectivity index (χ3n) is 5.06. The van der Waals surface area contributed by atoms with E-state index in [-0.39, 0.29) is 12.0 Å². The topological polar surface area (TPSA) is 44.7 Å². The van der Waals surface area contributed by atoms with Crippen LogP contribution in [0.25, 0.3) is 0 Å². The van der Waals surface area contributed by atoms with E-state index in [0.29, 0.717) is 19.3 Å². The number of likely N-dealkylation sites (tertiary alicyclic amines) is 1. The summed E-state index contributed by atoms with van der Waals surface area (Å²) in [5.41, 5.74) is 1.42. The average Bonchev–Trinajstić information content (AvgIpc) is 2.54. The highest BCUT2D eigenvalue weighted by molar-refractivity contribution is 5.14. The lowest BCUT2D eigenvalue weighted by Gasteiger charge is -2.42. The Balaban J connectivity index is 1.34. The minimum atomic E-state index is -0.00948. The van der Waals surface area contributed by atoms with Crippen molar-refractivity contribution < 1.29 is 9.84 Å². The number of rotatable bonds is 7. The Morgan fingerprint density at radius 2 is 1.91 bits per heavy atom. The van der Waals surface area contributed by atoms with Gasteiger partial charge in [0.25, 0.3) is 0 Å². The zero-order chi connectivity index (χ0) is 15.3. The van der Waals surface area contributed by atoms with E-state index in [0.717, 1.165) is 19.5 Å². The first-order valence-electron chi connectivity index (χ1n) is 8.48. The maximum atomic E-state index is 9.46. The van der Waals surface area contributed by atoms with Gasteiger partial charge in [-0.2, -0.15) is 0 Å². The summed E-state index contributed by atoms with van der Waals surface area (Å²) in [6.07, 6.45) is 3.55. The van der Waals surface area contributed by atoms with Crippen LogP contribution in [0.15, 0.2) is 30.3 Å². The third kappa shape index (κ3) is 4.07. The zero-order valence-electron chi connectivity index (χ0n) is 13.3. The van der Waals surface area contributed by atoms with Gasteiger partial charge in [0.05, 0.1) is 25.2 Å². The quantitative estimate of drug-likeness (QED) is 0.797. The van der Waals surface area contributed by atoms with Gasteiger partial charge >= 0.3 is 0 Å². The van der Waals surface area contributed by atoms with Crippen molar-refractivity contribution in [3.05, 3.63) is 35.9 Å². The molecule has 2 saturated heterocycles. The van der Waals surface area contributed by atoms with Gasteiger partial charge in [0, 0.05) is 19.1 Å². The molecule has 0 bridgehead atoms. The van der Waals surface area contributed by atoms with Crippen molar-refractivity contribution >= 4 is 0 Å². The summed E-state index contributed by atoms with van der Waals surface area (Å²) in [6.45, 7) is 6.03. The molecule has 2 aliphatic heterocycles. The van der Waals surface area contributed by atoms with Crippen LogP contribution in [0.1, 0.15) is 18.4 Å². The standard InChI is InChI=1S/C18H28N2O2/c21-13-18(14-22-15-18)12-19-17-7-10-20(11-8-17)9-6-16-4-2-1-3-5-16/h1-5,17,19,21H,6-15H2. The minimum absolute atomic E-state index is 0.00948. The number of nitrogens with zero attached hydrogens (tertiary/aromatic N) is 1. The van der Waals surface area contributed by atoms with E-state index in [4.69, 9.17) is 4.74 Å². The Labute approximate surface area is 133 Å². The zero-order valence-corrected chi connectivity index (χ0v) is 13.3. The number of hydrogen-bond acceptors (Lipinski definition) is 4. The van der Waals surface area contributed by atoms with Crippen LogP contribution in [0.4, 0.5) is 0 Å². The number of hydrogen-bond donors (Lipinski definition) is 2. The highest BCUT2D eigenvalue weighted by Gasteiger charge is 2.38. The van der Waals surface area contributed by atoms with E-state index in [1.807, 2.05) is 0 Å². The van der Waals surface area contributed by atoms with Gasteiger partial charge in [-0.15, -0.1) is 0 Å². The van der Waals surface area contributed by atoms with Crippen LogP contribution in [0.3, 0.4) is 0 Å². The largest absolute Gasteiger partial charge is 0.396 e. The summed E-state index contributed by atoms with van der Waals surface area (Å²) in [7, 11) is 0. The molecule has 0 saturated carbocycles. The van der Waals surface area contributed by atoms with Crippen LogP contribution in [-0.2, 0) is 11.2 Å².